The molecule has 0 unspecified atom stereocenters. The molecule has 0 radical (unpaired) electrons. The van der Waals surface area contributed by atoms with Gasteiger partial charge >= 0.3 is 5.97 Å². The maximum atomic E-state index is 13.3. The maximum Gasteiger partial charge on any atom is 0.341 e. The van der Waals surface area contributed by atoms with Gasteiger partial charge in [0.15, 0.2) is 0 Å². The fraction of sp³-hybridized carbons (Fsp3) is 0.154. The molecule has 0 aliphatic carbocycles. The van der Waals surface area contributed by atoms with Crippen LogP contribution in [0.3, 0.4) is 0 Å². The molecule has 2 aromatic heterocycles. The first-order valence-electron chi connectivity index (χ1n) is 10.6. The number of fused-ring (bicyclic) bond motifs is 3. The smallest absolute Gasteiger partial charge is 0.341 e. The minimum Gasteiger partial charge on any atom is -0.462 e. The first-order chi connectivity index (χ1) is 15.7. The lowest BCUT2D eigenvalue weighted by molar-refractivity contribution is -0.136. The molecule has 3 heterocycles. The first-order valence-corrected chi connectivity index (χ1v) is 11.5. The van der Waals surface area contributed by atoms with E-state index in [1.807, 2.05) is 60.0 Å². The third kappa shape index (κ3) is 3.63. The van der Waals surface area contributed by atoms with Gasteiger partial charge in [0.1, 0.15) is 0 Å². The van der Waals surface area contributed by atoms with Gasteiger partial charge in [-0.3, -0.25) is 4.79 Å². The van der Waals surface area contributed by atoms with E-state index in [2.05, 4.69) is 11.1 Å². The van der Waals surface area contributed by atoms with E-state index in [1.165, 1.54) is 0 Å². The van der Waals surface area contributed by atoms with E-state index in [0.717, 1.165) is 32.6 Å². The van der Waals surface area contributed by atoms with Crippen molar-refractivity contribution in [1.82, 2.24) is 9.88 Å². The zero-order chi connectivity index (χ0) is 22.1. The molecule has 32 heavy (non-hydrogen) atoms. The second-order valence-corrected chi connectivity index (χ2v) is 8.54. The summed E-state index contributed by atoms with van der Waals surface area (Å²) < 4.78 is 5.32. The molecule has 2 aromatic carbocycles. The molecule has 1 N–H and O–H groups in total. The van der Waals surface area contributed by atoms with Crippen LogP contribution in [-0.2, 0) is 16.0 Å². The molecule has 0 bridgehead atoms. The third-order valence-corrected chi connectivity index (χ3v) is 6.58. The number of aromatic nitrogens is 1. The number of rotatable bonds is 4. The van der Waals surface area contributed by atoms with Crippen LogP contribution >= 0.6 is 11.3 Å². The van der Waals surface area contributed by atoms with Gasteiger partial charge in [-0.2, -0.15) is 0 Å². The van der Waals surface area contributed by atoms with Gasteiger partial charge in [0.2, 0.25) is 0 Å². The SMILES string of the molecule is CCOC(=O)C1=CN(C(=O)c2ccc(-c3cccs3)cc2)CCc2c1[nH]c1ccccc21. The monoisotopic (exact) mass is 442 g/mol. The highest BCUT2D eigenvalue weighted by Crippen LogP contribution is 2.32. The van der Waals surface area contributed by atoms with Crippen LogP contribution in [0.1, 0.15) is 28.5 Å². The predicted molar refractivity (Wildman–Crippen MR) is 127 cm³/mol. The Balaban J connectivity index is 1.51. The van der Waals surface area contributed by atoms with E-state index in [4.69, 9.17) is 4.74 Å². The van der Waals surface area contributed by atoms with Gasteiger partial charge in [0.25, 0.3) is 5.91 Å². The number of carbonyl (C=O) groups is 2. The summed E-state index contributed by atoms with van der Waals surface area (Å²) in [4.78, 5) is 32.3. The van der Waals surface area contributed by atoms with E-state index in [1.54, 1.807) is 29.4 Å². The topological polar surface area (TPSA) is 62.4 Å². The van der Waals surface area contributed by atoms with Crippen molar-refractivity contribution in [2.45, 2.75) is 13.3 Å². The maximum absolute atomic E-state index is 13.3. The number of esters is 1. The van der Waals surface area contributed by atoms with Gasteiger partial charge in [0, 0.05) is 34.1 Å². The number of nitrogens with zero attached hydrogens (tertiary/aromatic N) is 1. The molecular formula is C26H22N2O3S. The number of H-pyrrole nitrogens is 1. The summed E-state index contributed by atoms with van der Waals surface area (Å²) in [5.41, 5.74) is 4.77. The minimum absolute atomic E-state index is 0.140. The van der Waals surface area contributed by atoms with E-state index in [9.17, 15) is 9.59 Å². The average Bonchev–Trinajstić information content (AvgIpc) is 3.44. The lowest BCUT2D eigenvalue weighted by atomic mass is 10.0. The number of hydrogen-bond acceptors (Lipinski definition) is 4. The third-order valence-electron chi connectivity index (χ3n) is 5.66. The van der Waals surface area contributed by atoms with Crippen LogP contribution in [-0.4, -0.2) is 34.9 Å². The van der Waals surface area contributed by atoms with Gasteiger partial charge in [-0.05, 0) is 54.1 Å². The molecule has 1 aliphatic heterocycles. The Morgan fingerprint density at radius 2 is 1.88 bits per heavy atom. The van der Waals surface area contributed by atoms with Gasteiger partial charge < -0.3 is 14.6 Å². The second kappa shape index (κ2) is 8.48. The van der Waals surface area contributed by atoms with Crippen LogP contribution in [0.2, 0.25) is 0 Å². The number of amides is 1. The van der Waals surface area contributed by atoms with Gasteiger partial charge in [0.05, 0.1) is 17.9 Å². The molecule has 0 fully saturated rings. The Morgan fingerprint density at radius 3 is 2.62 bits per heavy atom. The van der Waals surface area contributed by atoms with Gasteiger partial charge in [-0.25, -0.2) is 4.79 Å². The van der Waals surface area contributed by atoms with Crippen molar-refractivity contribution in [2.75, 3.05) is 13.2 Å². The van der Waals surface area contributed by atoms with E-state index in [-0.39, 0.29) is 12.5 Å². The van der Waals surface area contributed by atoms with Crippen LogP contribution in [0.15, 0.2) is 72.2 Å². The number of thiophene rings is 1. The summed E-state index contributed by atoms with van der Waals surface area (Å²) in [5.74, 6) is -0.577. The summed E-state index contributed by atoms with van der Waals surface area (Å²) in [6.07, 6.45) is 2.27. The molecule has 0 spiro atoms. The van der Waals surface area contributed by atoms with Gasteiger partial charge in [-0.1, -0.05) is 36.4 Å². The number of carbonyl (C=O) groups excluding carboxylic acids is 2. The quantitative estimate of drug-likeness (QED) is 0.425. The number of ether oxygens (including phenoxy) is 1. The molecule has 160 valence electrons. The van der Waals surface area contributed by atoms with Crippen LogP contribution in [0.4, 0.5) is 0 Å². The number of nitrogens with one attached hydrogen (secondary N) is 1. The highest BCUT2D eigenvalue weighted by Gasteiger charge is 2.27. The second-order valence-electron chi connectivity index (χ2n) is 7.59. The molecule has 0 saturated heterocycles. The van der Waals surface area contributed by atoms with Crippen molar-refractivity contribution < 1.29 is 14.3 Å². The Kier molecular flexibility index (Phi) is 5.37. The summed E-state index contributed by atoms with van der Waals surface area (Å²) in [6.45, 7) is 2.52. The molecule has 5 rings (SSSR count). The van der Waals surface area contributed by atoms with Gasteiger partial charge in [-0.15, -0.1) is 11.3 Å². The molecule has 4 aromatic rings. The lowest BCUT2D eigenvalue weighted by Crippen LogP contribution is -2.28. The Bertz CT molecular complexity index is 1320. The molecule has 5 nitrogen and oxygen atoms in total. The average molecular weight is 443 g/mol. The fourth-order valence-corrected chi connectivity index (χ4v) is 4.85. The minimum atomic E-state index is -0.437. The highest BCUT2D eigenvalue weighted by molar-refractivity contribution is 7.13. The van der Waals surface area contributed by atoms with Crippen LogP contribution in [0, 0.1) is 0 Å². The number of aromatic amines is 1. The summed E-state index contributed by atoms with van der Waals surface area (Å²) in [5, 5.41) is 3.10. The lowest BCUT2D eigenvalue weighted by Gasteiger charge is -2.18. The van der Waals surface area contributed by atoms with Crippen molar-refractivity contribution in [3.8, 4) is 10.4 Å². The number of benzene rings is 2. The van der Waals surface area contributed by atoms with Crippen molar-refractivity contribution in [2.24, 2.45) is 0 Å². The molecule has 0 atom stereocenters. The first kappa shape index (κ1) is 20.3. The Hall–Kier alpha value is -3.64. The molecular weight excluding hydrogens is 420 g/mol. The highest BCUT2D eigenvalue weighted by atomic mass is 32.1. The molecule has 1 aliphatic rings. The molecule has 6 heteroatoms. The van der Waals surface area contributed by atoms with Crippen molar-refractivity contribution in [3.05, 3.63) is 89.1 Å². The van der Waals surface area contributed by atoms with Crippen molar-refractivity contribution in [1.29, 1.82) is 0 Å². The van der Waals surface area contributed by atoms with E-state index < -0.39 is 5.97 Å². The predicted octanol–water partition coefficient (Wildman–Crippen LogP) is 5.50. The Labute approximate surface area is 189 Å². The zero-order valence-electron chi connectivity index (χ0n) is 17.6. The van der Waals surface area contributed by atoms with Crippen LogP contribution in [0.5, 0.6) is 0 Å². The molecule has 0 saturated carbocycles. The van der Waals surface area contributed by atoms with E-state index in [0.29, 0.717) is 24.1 Å². The zero-order valence-corrected chi connectivity index (χ0v) is 18.4. The summed E-state index contributed by atoms with van der Waals surface area (Å²) in [7, 11) is 0. The standard InChI is InChI=1S/C26H22N2O3S/c1-2-31-26(30)21-16-28(14-13-20-19-6-3-4-7-22(19)27-24(20)21)25(29)18-11-9-17(10-12-18)23-8-5-15-32-23/h3-12,15-16,27H,2,13-14H2,1H3. The number of hydrogen-bond donors (Lipinski definition) is 1. The Morgan fingerprint density at radius 1 is 1.06 bits per heavy atom. The fourth-order valence-electron chi connectivity index (χ4n) is 4.12. The van der Waals surface area contributed by atoms with E-state index >= 15 is 0 Å². The summed E-state index contributed by atoms with van der Waals surface area (Å²) >= 11 is 1.66. The number of para-hydroxylation sites is 1. The largest absolute Gasteiger partial charge is 0.462 e. The van der Waals surface area contributed by atoms with Crippen LogP contribution < -0.4 is 0 Å². The summed E-state index contributed by atoms with van der Waals surface area (Å²) in [6, 6.07) is 19.6. The van der Waals surface area contributed by atoms with Crippen molar-refractivity contribution in [3.63, 3.8) is 0 Å². The molecule has 1 amide bonds. The normalized spacial score (nSPS) is 13.4. The van der Waals surface area contributed by atoms with Crippen LogP contribution in [0.25, 0.3) is 26.9 Å². The van der Waals surface area contributed by atoms with Crippen molar-refractivity contribution >= 4 is 39.7 Å².